The molecule has 0 spiro atoms. The van der Waals surface area contributed by atoms with Gasteiger partial charge in [0.2, 0.25) is 5.91 Å². The van der Waals surface area contributed by atoms with Crippen LogP contribution >= 0.6 is 12.6 Å². The van der Waals surface area contributed by atoms with Crippen molar-refractivity contribution in [2.75, 3.05) is 27.2 Å². The fourth-order valence-corrected chi connectivity index (χ4v) is 3.23. The molecular weight excluding hydrogens is 284 g/mol. The minimum Gasteiger partial charge on any atom is -0.391 e. The molecule has 1 fully saturated rings. The molecule has 3 atom stereocenters. The number of thiol groups is 1. The molecular formula is C16H24N2O2S. The quantitative estimate of drug-likeness (QED) is 0.799. The van der Waals surface area contributed by atoms with E-state index < -0.39 is 6.10 Å². The number of likely N-dealkylation sites (N-methyl/N-ethyl adjacent to an activating group) is 1. The third-order valence-electron chi connectivity index (χ3n) is 3.81. The molecule has 1 saturated heterocycles. The summed E-state index contributed by atoms with van der Waals surface area (Å²) in [6, 6.07) is 9.99. The maximum Gasteiger partial charge on any atom is 0.236 e. The first-order valence-corrected chi connectivity index (χ1v) is 7.84. The first-order chi connectivity index (χ1) is 9.97. The average Bonchev–Trinajstić information content (AvgIpc) is 2.79. The fraction of sp³-hybridized carbons (Fsp3) is 0.562. The molecule has 0 bridgehead atoms. The number of nitrogens with zero attached hydrogens (tertiary/aromatic N) is 2. The molecule has 0 aliphatic carbocycles. The van der Waals surface area contributed by atoms with Crippen LogP contribution in [0.25, 0.3) is 0 Å². The van der Waals surface area contributed by atoms with Crippen molar-refractivity contribution in [2.24, 2.45) is 0 Å². The van der Waals surface area contributed by atoms with E-state index in [1.807, 2.05) is 49.3 Å². The zero-order valence-electron chi connectivity index (χ0n) is 12.6. The predicted octanol–water partition coefficient (Wildman–Crippen LogP) is 1.05. The van der Waals surface area contributed by atoms with Crippen molar-refractivity contribution in [3.63, 3.8) is 0 Å². The van der Waals surface area contributed by atoms with Gasteiger partial charge in [0.25, 0.3) is 0 Å². The summed E-state index contributed by atoms with van der Waals surface area (Å²) in [5.41, 5.74) is 1.11. The summed E-state index contributed by atoms with van der Waals surface area (Å²) in [5, 5.41) is 9.51. The van der Waals surface area contributed by atoms with Gasteiger partial charge in [0.05, 0.1) is 11.4 Å². The fourth-order valence-electron chi connectivity index (χ4n) is 2.87. The van der Waals surface area contributed by atoms with Gasteiger partial charge in [0.15, 0.2) is 0 Å². The van der Waals surface area contributed by atoms with Gasteiger partial charge in [-0.15, -0.1) is 0 Å². The number of benzene rings is 1. The van der Waals surface area contributed by atoms with Crippen LogP contribution in [0, 0.1) is 0 Å². The lowest BCUT2D eigenvalue weighted by molar-refractivity contribution is -0.131. The van der Waals surface area contributed by atoms with Gasteiger partial charge in [-0.1, -0.05) is 30.3 Å². The van der Waals surface area contributed by atoms with Gasteiger partial charge < -0.3 is 14.9 Å². The molecule has 1 aromatic rings. The molecule has 116 valence electrons. The minimum atomic E-state index is -0.420. The van der Waals surface area contributed by atoms with E-state index in [9.17, 15) is 9.90 Å². The highest BCUT2D eigenvalue weighted by Crippen LogP contribution is 2.22. The number of hydrogen-bond donors (Lipinski definition) is 2. The highest BCUT2D eigenvalue weighted by atomic mass is 32.1. The van der Waals surface area contributed by atoms with Crippen LogP contribution in [-0.2, 0) is 11.2 Å². The SMILES string of the molecule is CN(C)CC1CC(O)CN1C(=O)C(S)Cc1ccccc1. The lowest BCUT2D eigenvalue weighted by Crippen LogP contribution is -2.45. The lowest BCUT2D eigenvalue weighted by atomic mass is 10.1. The van der Waals surface area contributed by atoms with E-state index in [2.05, 4.69) is 12.6 Å². The Morgan fingerprint density at radius 1 is 1.43 bits per heavy atom. The smallest absolute Gasteiger partial charge is 0.236 e. The number of rotatable bonds is 5. The van der Waals surface area contributed by atoms with E-state index in [1.165, 1.54) is 0 Å². The maximum absolute atomic E-state index is 12.6. The number of likely N-dealkylation sites (tertiary alicyclic amines) is 1. The van der Waals surface area contributed by atoms with E-state index in [1.54, 1.807) is 4.90 Å². The number of carbonyl (C=O) groups is 1. The third-order valence-corrected chi connectivity index (χ3v) is 4.21. The molecule has 1 aliphatic rings. The van der Waals surface area contributed by atoms with Gasteiger partial charge in [-0.25, -0.2) is 0 Å². The second-order valence-corrected chi connectivity index (χ2v) is 6.63. The molecule has 4 nitrogen and oxygen atoms in total. The summed E-state index contributed by atoms with van der Waals surface area (Å²) in [6.45, 7) is 1.19. The van der Waals surface area contributed by atoms with E-state index in [0.29, 0.717) is 19.4 Å². The van der Waals surface area contributed by atoms with E-state index >= 15 is 0 Å². The van der Waals surface area contributed by atoms with Gasteiger partial charge in [-0.3, -0.25) is 4.79 Å². The number of aliphatic hydroxyl groups is 1. The molecule has 1 heterocycles. The Labute approximate surface area is 132 Å². The van der Waals surface area contributed by atoms with Crippen LogP contribution in [-0.4, -0.2) is 65.4 Å². The molecule has 3 unspecified atom stereocenters. The Morgan fingerprint density at radius 3 is 2.71 bits per heavy atom. The van der Waals surface area contributed by atoms with Crippen LogP contribution in [0.1, 0.15) is 12.0 Å². The topological polar surface area (TPSA) is 43.8 Å². The molecule has 2 rings (SSSR count). The van der Waals surface area contributed by atoms with Gasteiger partial charge in [0.1, 0.15) is 0 Å². The summed E-state index contributed by atoms with van der Waals surface area (Å²) >= 11 is 4.49. The zero-order chi connectivity index (χ0) is 15.4. The van der Waals surface area contributed by atoms with Crippen molar-refractivity contribution < 1.29 is 9.90 Å². The van der Waals surface area contributed by atoms with Crippen LogP contribution in [0.15, 0.2) is 30.3 Å². The summed E-state index contributed by atoms with van der Waals surface area (Å²) < 4.78 is 0. The normalized spacial score (nSPS) is 23.6. The average molecular weight is 308 g/mol. The van der Waals surface area contributed by atoms with E-state index in [0.717, 1.165) is 12.1 Å². The first kappa shape index (κ1) is 16.3. The lowest BCUT2D eigenvalue weighted by Gasteiger charge is -2.28. The summed E-state index contributed by atoms with van der Waals surface area (Å²) in [4.78, 5) is 16.5. The number of hydrogen-bond acceptors (Lipinski definition) is 4. The predicted molar refractivity (Wildman–Crippen MR) is 87.6 cm³/mol. The molecule has 0 radical (unpaired) electrons. The van der Waals surface area contributed by atoms with Crippen molar-refractivity contribution in [1.29, 1.82) is 0 Å². The molecule has 1 N–H and O–H groups in total. The second-order valence-electron chi connectivity index (χ2n) is 6.00. The molecule has 0 aromatic heterocycles. The van der Waals surface area contributed by atoms with Gasteiger partial charge >= 0.3 is 0 Å². The van der Waals surface area contributed by atoms with Crippen LogP contribution in [0.4, 0.5) is 0 Å². The molecule has 1 amide bonds. The van der Waals surface area contributed by atoms with Crippen molar-refractivity contribution in [1.82, 2.24) is 9.80 Å². The van der Waals surface area contributed by atoms with Gasteiger partial charge in [0, 0.05) is 19.1 Å². The molecule has 5 heteroatoms. The summed E-state index contributed by atoms with van der Waals surface area (Å²) in [6.07, 6.45) is 0.843. The van der Waals surface area contributed by atoms with Crippen LogP contribution in [0.2, 0.25) is 0 Å². The molecule has 21 heavy (non-hydrogen) atoms. The third kappa shape index (κ3) is 4.46. The van der Waals surface area contributed by atoms with Gasteiger partial charge in [-0.05, 0) is 32.5 Å². The minimum absolute atomic E-state index is 0.0191. The number of amides is 1. The summed E-state index contributed by atoms with van der Waals surface area (Å²) in [7, 11) is 3.96. The Hall–Kier alpha value is -1.04. The largest absolute Gasteiger partial charge is 0.391 e. The highest BCUT2D eigenvalue weighted by molar-refractivity contribution is 7.81. The van der Waals surface area contributed by atoms with E-state index in [4.69, 9.17) is 0 Å². The number of carbonyl (C=O) groups excluding carboxylic acids is 1. The summed E-state index contributed by atoms with van der Waals surface area (Å²) in [5.74, 6) is 0.0191. The monoisotopic (exact) mass is 308 g/mol. The second kappa shape index (κ2) is 7.29. The van der Waals surface area contributed by atoms with Gasteiger partial charge in [-0.2, -0.15) is 12.6 Å². The van der Waals surface area contributed by atoms with Crippen molar-refractivity contribution in [2.45, 2.75) is 30.2 Å². The Morgan fingerprint density at radius 2 is 2.10 bits per heavy atom. The van der Waals surface area contributed by atoms with Crippen LogP contribution < -0.4 is 0 Å². The molecule has 1 aromatic carbocycles. The highest BCUT2D eigenvalue weighted by Gasteiger charge is 2.36. The van der Waals surface area contributed by atoms with E-state index in [-0.39, 0.29) is 17.2 Å². The number of aliphatic hydroxyl groups excluding tert-OH is 1. The Bertz CT molecular complexity index is 467. The maximum atomic E-state index is 12.6. The standard InChI is InChI=1S/C16H24N2O2S/c1-17(2)10-13-9-14(19)11-18(13)16(20)15(21)8-12-6-4-3-5-7-12/h3-7,13-15,19,21H,8-11H2,1-2H3. The Balaban J connectivity index is 2.00. The van der Waals surface area contributed by atoms with Crippen molar-refractivity contribution >= 4 is 18.5 Å². The zero-order valence-corrected chi connectivity index (χ0v) is 13.5. The van der Waals surface area contributed by atoms with Crippen LogP contribution in [0.3, 0.4) is 0 Å². The van der Waals surface area contributed by atoms with Crippen molar-refractivity contribution in [3.8, 4) is 0 Å². The van der Waals surface area contributed by atoms with Crippen molar-refractivity contribution in [3.05, 3.63) is 35.9 Å². The molecule has 1 aliphatic heterocycles. The Kier molecular flexibility index (Phi) is 5.67. The van der Waals surface area contributed by atoms with Crippen LogP contribution in [0.5, 0.6) is 0 Å². The molecule has 0 saturated carbocycles. The number of β-amino-alcohol motifs (C(OH)–C–C–N with tert-alkyl or cyclic N) is 1. The first-order valence-electron chi connectivity index (χ1n) is 7.32.